The summed E-state index contributed by atoms with van der Waals surface area (Å²) in [5, 5.41) is 2.76. The predicted octanol–water partition coefficient (Wildman–Crippen LogP) is 2.90. The first kappa shape index (κ1) is 22.4. The third-order valence-electron chi connectivity index (χ3n) is 4.30. The Bertz CT molecular complexity index is 961. The first-order chi connectivity index (χ1) is 13.7. The van der Waals surface area contributed by atoms with Crippen molar-refractivity contribution in [2.75, 3.05) is 37.2 Å². The number of benzene rings is 2. The third kappa shape index (κ3) is 5.32. The molecule has 0 spiro atoms. The normalized spacial score (nSPS) is 12.0. The van der Waals surface area contributed by atoms with Crippen molar-refractivity contribution in [1.29, 1.82) is 0 Å². The number of amides is 1. The van der Waals surface area contributed by atoms with Crippen LogP contribution >= 0.6 is 0 Å². The van der Waals surface area contributed by atoms with Gasteiger partial charge in [0.2, 0.25) is 15.9 Å². The molecule has 0 radical (unpaired) electrons. The van der Waals surface area contributed by atoms with Crippen LogP contribution < -0.4 is 23.8 Å². The number of hydrogen-bond acceptors (Lipinski definition) is 6. The lowest BCUT2D eigenvalue weighted by Crippen LogP contribution is -2.47. The maximum atomic E-state index is 13.0. The Hall–Kier alpha value is -2.94. The van der Waals surface area contributed by atoms with Gasteiger partial charge in [-0.1, -0.05) is 13.0 Å². The molecule has 0 saturated carbocycles. The lowest BCUT2D eigenvalue weighted by molar-refractivity contribution is -0.117. The second-order valence-electron chi connectivity index (χ2n) is 6.24. The van der Waals surface area contributed by atoms with Crippen LogP contribution in [0.25, 0.3) is 0 Å². The molecule has 1 N–H and O–H groups in total. The van der Waals surface area contributed by atoms with E-state index in [0.29, 0.717) is 28.6 Å². The van der Waals surface area contributed by atoms with E-state index in [1.165, 1.54) is 21.3 Å². The number of rotatable bonds is 9. The van der Waals surface area contributed by atoms with Gasteiger partial charge in [-0.3, -0.25) is 9.10 Å². The molecule has 8 nitrogen and oxygen atoms in total. The Morgan fingerprint density at radius 3 is 2.24 bits per heavy atom. The van der Waals surface area contributed by atoms with E-state index in [-0.39, 0.29) is 6.42 Å². The molecule has 1 unspecified atom stereocenters. The summed E-state index contributed by atoms with van der Waals surface area (Å²) in [6.45, 7) is 1.74. The van der Waals surface area contributed by atoms with Crippen molar-refractivity contribution in [2.45, 2.75) is 19.4 Å². The number of hydrogen-bond donors (Lipinski definition) is 1. The molecule has 0 aromatic heterocycles. The summed E-state index contributed by atoms with van der Waals surface area (Å²) in [6, 6.07) is 10.5. The van der Waals surface area contributed by atoms with E-state index < -0.39 is 22.0 Å². The van der Waals surface area contributed by atoms with Gasteiger partial charge in [-0.25, -0.2) is 8.42 Å². The van der Waals surface area contributed by atoms with Crippen LogP contribution in [0.1, 0.15) is 13.3 Å². The highest BCUT2D eigenvalue weighted by molar-refractivity contribution is 7.92. The average molecular weight is 423 g/mol. The van der Waals surface area contributed by atoms with Crippen molar-refractivity contribution in [3.05, 3.63) is 42.5 Å². The largest absolute Gasteiger partial charge is 0.497 e. The zero-order valence-electron chi connectivity index (χ0n) is 17.1. The minimum Gasteiger partial charge on any atom is -0.497 e. The molecule has 9 heteroatoms. The average Bonchev–Trinajstić information content (AvgIpc) is 2.71. The molecule has 29 heavy (non-hydrogen) atoms. The van der Waals surface area contributed by atoms with Crippen LogP contribution in [0.4, 0.5) is 11.4 Å². The lowest BCUT2D eigenvalue weighted by Gasteiger charge is -2.30. The van der Waals surface area contributed by atoms with E-state index in [2.05, 4.69) is 5.32 Å². The van der Waals surface area contributed by atoms with Gasteiger partial charge in [-0.2, -0.15) is 0 Å². The fraction of sp³-hybridized carbons (Fsp3) is 0.350. The van der Waals surface area contributed by atoms with E-state index >= 15 is 0 Å². The topological polar surface area (TPSA) is 94.2 Å². The van der Waals surface area contributed by atoms with E-state index in [0.717, 1.165) is 10.6 Å². The number of sulfonamides is 1. The summed E-state index contributed by atoms with van der Waals surface area (Å²) in [5.74, 6) is 0.980. The SMILES string of the molecule is CCC(C(=O)Nc1ccc(OC)cc1OC)N(c1cccc(OC)c1)S(C)(=O)=O. The van der Waals surface area contributed by atoms with Gasteiger partial charge in [0.05, 0.1) is 39.0 Å². The van der Waals surface area contributed by atoms with Crippen LogP contribution in [0.5, 0.6) is 17.2 Å². The molecule has 0 aliphatic heterocycles. The molecule has 0 aliphatic rings. The fourth-order valence-corrected chi connectivity index (χ4v) is 4.13. The van der Waals surface area contributed by atoms with Crippen LogP contribution in [-0.2, 0) is 14.8 Å². The van der Waals surface area contributed by atoms with Crippen LogP contribution in [0, 0.1) is 0 Å². The van der Waals surface area contributed by atoms with Gasteiger partial charge >= 0.3 is 0 Å². The molecule has 2 aromatic rings. The number of anilines is 2. The molecule has 158 valence electrons. The lowest BCUT2D eigenvalue weighted by atomic mass is 10.1. The quantitative estimate of drug-likeness (QED) is 0.668. The Morgan fingerprint density at radius 1 is 1.03 bits per heavy atom. The first-order valence-electron chi connectivity index (χ1n) is 8.91. The van der Waals surface area contributed by atoms with Gasteiger partial charge in [-0.05, 0) is 30.7 Å². The second kappa shape index (κ2) is 9.51. The van der Waals surface area contributed by atoms with E-state index in [1.54, 1.807) is 49.4 Å². The van der Waals surface area contributed by atoms with Crippen LogP contribution in [-0.4, -0.2) is 48.0 Å². The Balaban J connectivity index is 2.41. The van der Waals surface area contributed by atoms with E-state index in [9.17, 15) is 13.2 Å². The van der Waals surface area contributed by atoms with Crippen molar-refractivity contribution >= 4 is 27.3 Å². The zero-order valence-corrected chi connectivity index (χ0v) is 17.9. The summed E-state index contributed by atoms with van der Waals surface area (Å²) < 4.78 is 41.9. The molecule has 2 aromatic carbocycles. The van der Waals surface area contributed by atoms with Gasteiger partial charge < -0.3 is 19.5 Å². The Morgan fingerprint density at radius 2 is 1.69 bits per heavy atom. The Labute approximate surface area is 171 Å². The summed E-state index contributed by atoms with van der Waals surface area (Å²) in [7, 11) is 0.737. The van der Waals surface area contributed by atoms with Crippen LogP contribution in [0.15, 0.2) is 42.5 Å². The van der Waals surface area contributed by atoms with Gasteiger partial charge in [0, 0.05) is 12.1 Å². The highest BCUT2D eigenvalue weighted by Crippen LogP contribution is 2.31. The molecular formula is C20H26N2O6S. The molecular weight excluding hydrogens is 396 g/mol. The predicted molar refractivity (Wildman–Crippen MR) is 113 cm³/mol. The van der Waals surface area contributed by atoms with Crippen LogP contribution in [0.3, 0.4) is 0 Å². The summed E-state index contributed by atoms with van der Waals surface area (Å²) >= 11 is 0. The summed E-state index contributed by atoms with van der Waals surface area (Å²) in [4.78, 5) is 13.0. The van der Waals surface area contributed by atoms with Crippen molar-refractivity contribution in [3.63, 3.8) is 0 Å². The molecule has 1 amide bonds. The number of ether oxygens (including phenoxy) is 3. The number of methoxy groups -OCH3 is 3. The second-order valence-corrected chi connectivity index (χ2v) is 8.10. The zero-order chi connectivity index (χ0) is 21.6. The number of carbonyl (C=O) groups is 1. The molecule has 0 aliphatic carbocycles. The van der Waals surface area contributed by atoms with Gasteiger partial charge in [-0.15, -0.1) is 0 Å². The smallest absolute Gasteiger partial charge is 0.248 e. The molecule has 1 atom stereocenters. The maximum Gasteiger partial charge on any atom is 0.248 e. The van der Waals surface area contributed by atoms with Gasteiger partial charge in [0.15, 0.2) is 0 Å². The summed E-state index contributed by atoms with van der Waals surface area (Å²) in [5.41, 5.74) is 0.756. The molecule has 2 rings (SSSR count). The molecule has 0 bridgehead atoms. The standard InChI is InChI=1S/C20H26N2O6S/c1-6-18(20(23)21-17-11-10-16(27-3)13-19(17)28-4)22(29(5,24)25)14-8-7-9-15(12-14)26-2/h7-13,18H,6H2,1-5H3,(H,21,23). The molecule has 0 heterocycles. The number of nitrogens with zero attached hydrogens (tertiary/aromatic N) is 1. The van der Waals surface area contributed by atoms with E-state index in [4.69, 9.17) is 14.2 Å². The number of carbonyl (C=O) groups excluding carboxylic acids is 1. The maximum absolute atomic E-state index is 13.0. The summed E-state index contributed by atoms with van der Waals surface area (Å²) in [6.07, 6.45) is 1.32. The van der Waals surface area contributed by atoms with Crippen LogP contribution in [0.2, 0.25) is 0 Å². The number of nitrogens with one attached hydrogen (secondary N) is 1. The van der Waals surface area contributed by atoms with Gasteiger partial charge in [0.25, 0.3) is 0 Å². The third-order valence-corrected chi connectivity index (χ3v) is 5.48. The van der Waals surface area contributed by atoms with Crippen molar-refractivity contribution in [1.82, 2.24) is 0 Å². The Kier molecular flexibility index (Phi) is 7.33. The minimum absolute atomic E-state index is 0.259. The molecule has 0 fully saturated rings. The minimum atomic E-state index is -3.75. The monoisotopic (exact) mass is 422 g/mol. The van der Waals surface area contributed by atoms with Gasteiger partial charge in [0.1, 0.15) is 23.3 Å². The van der Waals surface area contributed by atoms with Crippen molar-refractivity contribution in [3.8, 4) is 17.2 Å². The highest BCUT2D eigenvalue weighted by Gasteiger charge is 2.32. The highest BCUT2D eigenvalue weighted by atomic mass is 32.2. The van der Waals surface area contributed by atoms with Crippen molar-refractivity contribution in [2.24, 2.45) is 0 Å². The first-order valence-corrected chi connectivity index (χ1v) is 10.8. The fourth-order valence-electron chi connectivity index (χ4n) is 2.93. The van der Waals surface area contributed by atoms with Crippen molar-refractivity contribution < 1.29 is 27.4 Å². The molecule has 0 saturated heterocycles. The van der Waals surface area contributed by atoms with E-state index in [1.807, 2.05) is 0 Å².